The fourth-order valence-electron chi connectivity index (χ4n) is 10.9. The maximum absolute atomic E-state index is 13.2. The largest absolute Gasteiger partial charge is 0.459 e. The zero-order valence-electron chi connectivity index (χ0n) is 28.5. The molecule has 0 aliphatic heterocycles. The van der Waals surface area contributed by atoms with Crippen molar-refractivity contribution >= 4 is 11.7 Å². The fraction of sp³-hybridized carbons (Fsp3) is 0.775. The standard InChI is InChI=1S/C40H63NO2/c1-7-8-25-41-37(30-15-10-9-11-16-30)27-38(42)43-32-21-23-39(5)31(26-32)17-18-33-35-20-19-34(29(4)14-12-13-28(2)3)40(35,6)24-22-36(33)39/h9-11,15-16,27-29,31-36,41H,7-8,12-14,17-26H2,1-6H3/b37-27-/t29-,31+,32+,33+,34-,35+,36+,39+,40-/m1/s1. The van der Waals surface area contributed by atoms with Gasteiger partial charge in [0.15, 0.2) is 0 Å². The normalized spacial score (nSPS) is 36.4. The van der Waals surface area contributed by atoms with Gasteiger partial charge in [-0.05, 0) is 122 Å². The maximum Gasteiger partial charge on any atom is 0.333 e. The van der Waals surface area contributed by atoms with Crippen molar-refractivity contribution in [1.82, 2.24) is 5.32 Å². The van der Waals surface area contributed by atoms with Gasteiger partial charge in [0.2, 0.25) is 0 Å². The first-order valence-electron chi connectivity index (χ1n) is 18.4. The SMILES string of the molecule is CCCCN/C(=C\C(=O)O[C@H]1CC[C@@]2(C)[C@@H](CC[C@@H]3[C@@H]2CC[C@]2(C)[C@@H]([C@H](C)CCCC(C)C)CC[C@@H]32)C1)c1ccccc1. The number of carbonyl (C=O) groups excluding carboxylic acids is 1. The lowest BCUT2D eigenvalue weighted by Crippen LogP contribution is -2.54. The van der Waals surface area contributed by atoms with Gasteiger partial charge in [0.05, 0.1) is 0 Å². The molecule has 240 valence electrons. The van der Waals surface area contributed by atoms with Gasteiger partial charge in [-0.3, -0.25) is 0 Å². The lowest BCUT2D eigenvalue weighted by molar-refractivity contribution is -0.158. The second kappa shape index (κ2) is 14.1. The van der Waals surface area contributed by atoms with Gasteiger partial charge in [0.1, 0.15) is 6.10 Å². The first-order valence-corrected chi connectivity index (χ1v) is 18.4. The minimum atomic E-state index is -0.182. The van der Waals surface area contributed by atoms with E-state index in [1.165, 1.54) is 64.2 Å². The topological polar surface area (TPSA) is 38.3 Å². The molecule has 3 heteroatoms. The van der Waals surface area contributed by atoms with Crippen molar-refractivity contribution in [1.29, 1.82) is 0 Å². The van der Waals surface area contributed by atoms with Gasteiger partial charge in [0.25, 0.3) is 0 Å². The quantitative estimate of drug-likeness (QED) is 0.150. The Morgan fingerprint density at radius 1 is 0.930 bits per heavy atom. The van der Waals surface area contributed by atoms with Gasteiger partial charge in [-0.2, -0.15) is 0 Å². The summed E-state index contributed by atoms with van der Waals surface area (Å²) in [5.41, 5.74) is 2.91. The summed E-state index contributed by atoms with van der Waals surface area (Å²) < 4.78 is 6.20. The highest BCUT2D eigenvalue weighted by Gasteiger charge is 2.60. The van der Waals surface area contributed by atoms with Crippen LogP contribution in [0.1, 0.15) is 137 Å². The molecule has 1 aromatic rings. The zero-order valence-corrected chi connectivity index (χ0v) is 28.5. The molecule has 4 aliphatic rings. The van der Waals surface area contributed by atoms with Crippen molar-refractivity contribution in [2.45, 2.75) is 138 Å². The summed E-state index contributed by atoms with van der Waals surface area (Å²) in [6.45, 7) is 15.8. The number of hydrogen-bond acceptors (Lipinski definition) is 3. The Bertz CT molecular complexity index is 1080. The summed E-state index contributed by atoms with van der Waals surface area (Å²) >= 11 is 0. The van der Waals surface area contributed by atoms with Crippen molar-refractivity contribution < 1.29 is 9.53 Å². The Balaban J connectivity index is 1.20. The van der Waals surface area contributed by atoms with Crippen molar-refractivity contribution in [3.8, 4) is 0 Å². The second-order valence-electron chi connectivity index (χ2n) is 16.2. The molecule has 9 atom stereocenters. The van der Waals surface area contributed by atoms with E-state index in [0.717, 1.165) is 79.0 Å². The molecular weight excluding hydrogens is 526 g/mol. The number of hydrogen-bond donors (Lipinski definition) is 1. The van der Waals surface area contributed by atoms with Crippen LogP contribution in [0.25, 0.3) is 5.70 Å². The van der Waals surface area contributed by atoms with Crippen molar-refractivity contribution in [3.63, 3.8) is 0 Å². The predicted octanol–water partition coefficient (Wildman–Crippen LogP) is 10.5. The summed E-state index contributed by atoms with van der Waals surface area (Å²) in [5, 5.41) is 3.49. The van der Waals surface area contributed by atoms with Gasteiger partial charge >= 0.3 is 5.97 Å². The number of unbranched alkanes of at least 4 members (excludes halogenated alkanes) is 1. The minimum Gasteiger partial charge on any atom is -0.459 e. The van der Waals surface area contributed by atoms with E-state index in [2.05, 4.69) is 59.0 Å². The van der Waals surface area contributed by atoms with Crippen LogP contribution in [0.3, 0.4) is 0 Å². The summed E-state index contributed by atoms with van der Waals surface area (Å²) in [7, 11) is 0. The number of benzene rings is 1. The first kappa shape index (κ1) is 32.6. The molecule has 3 nitrogen and oxygen atoms in total. The Morgan fingerprint density at radius 3 is 2.42 bits per heavy atom. The van der Waals surface area contributed by atoms with E-state index in [1.807, 2.05) is 18.2 Å². The van der Waals surface area contributed by atoms with E-state index in [9.17, 15) is 4.79 Å². The van der Waals surface area contributed by atoms with E-state index in [-0.39, 0.29) is 12.1 Å². The summed E-state index contributed by atoms with van der Waals surface area (Å²) in [6.07, 6.45) is 20.0. The van der Waals surface area contributed by atoms with E-state index in [4.69, 9.17) is 4.74 Å². The summed E-state index contributed by atoms with van der Waals surface area (Å²) in [4.78, 5) is 13.2. The number of rotatable bonds is 12. The second-order valence-corrected chi connectivity index (χ2v) is 16.2. The summed E-state index contributed by atoms with van der Waals surface area (Å²) in [6, 6.07) is 10.2. The van der Waals surface area contributed by atoms with Crippen LogP contribution in [0.2, 0.25) is 0 Å². The van der Waals surface area contributed by atoms with Crippen LogP contribution in [-0.2, 0) is 9.53 Å². The Morgan fingerprint density at radius 2 is 1.67 bits per heavy atom. The molecular formula is C40H63NO2. The van der Waals surface area contributed by atoms with Gasteiger partial charge in [-0.1, -0.05) is 97.6 Å². The molecule has 5 rings (SSSR count). The number of ether oxygens (including phenoxy) is 1. The highest BCUT2D eigenvalue weighted by molar-refractivity contribution is 5.91. The Labute approximate surface area is 264 Å². The van der Waals surface area contributed by atoms with Crippen LogP contribution in [0.5, 0.6) is 0 Å². The molecule has 0 radical (unpaired) electrons. The molecule has 0 aromatic heterocycles. The van der Waals surface area contributed by atoms with Crippen LogP contribution in [0.15, 0.2) is 36.4 Å². The highest BCUT2D eigenvalue weighted by Crippen LogP contribution is 2.68. The summed E-state index contributed by atoms with van der Waals surface area (Å²) in [5.74, 6) is 5.85. The molecule has 4 fully saturated rings. The van der Waals surface area contributed by atoms with E-state index >= 15 is 0 Å². The van der Waals surface area contributed by atoms with E-state index in [0.29, 0.717) is 16.7 Å². The van der Waals surface area contributed by atoms with Crippen LogP contribution >= 0.6 is 0 Å². The lowest BCUT2D eigenvalue weighted by atomic mass is 9.44. The highest BCUT2D eigenvalue weighted by atomic mass is 16.5. The molecule has 0 heterocycles. The Hall–Kier alpha value is -1.77. The minimum absolute atomic E-state index is 0.0578. The molecule has 43 heavy (non-hydrogen) atoms. The third-order valence-electron chi connectivity index (χ3n) is 13.3. The van der Waals surface area contributed by atoms with Gasteiger partial charge < -0.3 is 10.1 Å². The van der Waals surface area contributed by atoms with Gasteiger partial charge in [-0.25, -0.2) is 4.79 Å². The molecule has 0 spiro atoms. The lowest BCUT2D eigenvalue weighted by Gasteiger charge is -2.61. The van der Waals surface area contributed by atoms with Crippen molar-refractivity contribution in [2.24, 2.45) is 52.3 Å². The average Bonchev–Trinajstić information content (AvgIpc) is 3.34. The third kappa shape index (κ3) is 7.06. The van der Waals surface area contributed by atoms with E-state index in [1.54, 1.807) is 6.08 Å². The molecule has 4 saturated carbocycles. The fourth-order valence-corrected chi connectivity index (χ4v) is 10.9. The van der Waals surface area contributed by atoms with Gasteiger partial charge in [-0.15, -0.1) is 0 Å². The monoisotopic (exact) mass is 589 g/mol. The van der Waals surface area contributed by atoms with Gasteiger partial charge in [0, 0.05) is 18.3 Å². The molecule has 4 aliphatic carbocycles. The average molecular weight is 590 g/mol. The van der Waals surface area contributed by atoms with Crippen LogP contribution in [-0.4, -0.2) is 18.6 Å². The van der Waals surface area contributed by atoms with Crippen molar-refractivity contribution in [3.05, 3.63) is 42.0 Å². The van der Waals surface area contributed by atoms with Crippen molar-refractivity contribution in [2.75, 3.05) is 6.54 Å². The number of carbonyl (C=O) groups is 1. The zero-order chi connectivity index (χ0) is 30.6. The number of esters is 1. The molecule has 0 saturated heterocycles. The molecule has 1 aromatic carbocycles. The number of fused-ring (bicyclic) bond motifs is 5. The predicted molar refractivity (Wildman–Crippen MR) is 180 cm³/mol. The van der Waals surface area contributed by atoms with Crippen LogP contribution in [0.4, 0.5) is 0 Å². The molecule has 1 N–H and O–H groups in total. The number of nitrogens with one attached hydrogen (secondary N) is 1. The first-order chi connectivity index (χ1) is 20.7. The van der Waals surface area contributed by atoms with Crippen LogP contribution < -0.4 is 5.32 Å². The molecule has 0 unspecified atom stereocenters. The molecule has 0 amide bonds. The third-order valence-corrected chi connectivity index (χ3v) is 13.3. The maximum atomic E-state index is 13.2. The van der Waals surface area contributed by atoms with E-state index < -0.39 is 0 Å². The smallest absolute Gasteiger partial charge is 0.333 e. The Kier molecular flexibility index (Phi) is 10.7. The van der Waals surface area contributed by atoms with Crippen LogP contribution in [0, 0.1) is 52.3 Å². The molecule has 0 bridgehead atoms.